The van der Waals surface area contributed by atoms with Crippen molar-refractivity contribution in [2.75, 3.05) is 20.0 Å². The predicted molar refractivity (Wildman–Crippen MR) is 87.7 cm³/mol. The summed E-state index contributed by atoms with van der Waals surface area (Å²) in [5, 5.41) is 2.17. The van der Waals surface area contributed by atoms with Crippen molar-refractivity contribution in [1.29, 1.82) is 0 Å². The van der Waals surface area contributed by atoms with E-state index in [0.29, 0.717) is 17.1 Å². The van der Waals surface area contributed by atoms with E-state index >= 15 is 0 Å². The molecule has 0 spiro atoms. The minimum atomic E-state index is 0.472. The Labute approximate surface area is 126 Å². The fourth-order valence-electron chi connectivity index (χ4n) is 2.98. The van der Waals surface area contributed by atoms with Gasteiger partial charge in [-0.2, -0.15) is 0 Å². The van der Waals surface area contributed by atoms with E-state index in [4.69, 9.17) is 15.2 Å². The summed E-state index contributed by atoms with van der Waals surface area (Å²) in [4.78, 5) is 4.56. The summed E-state index contributed by atoms with van der Waals surface area (Å²) in [6, 6.07) is 11.8. The Kier molecular flexibility index (Phi) is 2.63. The van der Waals surface area contributed by atoms with Gasteiger partial charge in [0.2, 0.25) is 0 Å². The third-order valence-corrected chi connectivity index (χ3v) is 3.96. The van der Waals surface area contributed by atoms with Gasteiger partial charge in [0.05, 0.1) is 19.7 Å². The molecule has 0 amide bonds. The molecule has 110 valence electrons. The first kappa shape index (κ1) is 12.8. The second-order valence-corrected chi connectivity index (χ2v) is 5.10. The third-order valence-electron chi connectivity index (χ3n) is 3.96. The molecule has 0 aliphatic carbocycles. The highest BCUT2D eigenvalue weighted by Crippen LogP contribution is 2.36. The normalized spacial score (nSPS) is 11.4. The highest BCUT2D eigenvalue weighted by molar-refractivity contribution is 6.06. The van der Waals surface area contributed by atoms with Crippen molar-refractivity contribution in [2.45, 2.75) is 0 Å². The molecule has 22 heavy (non-hydrogen) atoms. The van der Waals surface area contributed by atoms with Gasteiger partial charge in [-0.1, -0.05) is 24.3 Å². The largest absolute Gasteiger partial charge is 0.494 e. The summed E-state index contributed by atoms with van der Waals surface area (Å²) < 4.78 is 13.0. The van der Waals surface area contributed by atoms with Crippen molar-refractivity contribution in [3.63, 3.8) is 0 Å². The topological polar surface area (TPSA) is 61.8 Å². The van der Waals surface area contributed by atoms with E-state index in [1.807, 2.05) is 40.9 Å². The molecule has 0 atom stereocenters. The summed E-state index contributed by atoms with van der Waals surface area (Å²) in [5.74, 6) is 1.87. The van der Waals surface area contributed by atoms with E-state index in [-0.39, 0.29) is 0 Å². The van der Waals surface area contributed by atoms with Gasteiger partial charge in [-0.3, -0.25) is 0 Å². The zero-order chi connectivity index (χ0) is 15.3. The summed E-state index contributed by atoms with van der Waals surface area (Å²) >= 11 is 0. The Bertz CT molecular complexity index is 1020. The molecule has 0 unspecified atom stereocenters. The van der Waals surface area contributed by atoms with Crippen LogP contribution in [0, 0.1) is 0 Å². The van der Waals surface area contributed by atoms with Gasteiger partial charge in [-0.25, -0.2) is 4.98 Å². The van der Waals surface area contributed by atoms with Crippen molar-refractivity contribution < 1.29 is 9.47 Å². The Morgan fingerprint density at radius 1 is 0.955 bits per heavy atom. The maximum atomic E-state index is 6.22. The SMILES string of the molecule is COc1ccc(OC)c2c1nc(N)c1c3ccccc3cn21. The summed E-state index contributed by atoms with van der Waals surface area (Å²) in [5.41, 5.74) is 8.64. The number of ether oxygens (including phenoxy) is 2. The van der Waals surface area contributed by atoms with Gasteiger partial charge in [0.1, 0.15) is 28.4 Å². The molecule has 0 fully saturated rings. The zero-order valence-corrected chi connectivity index (χ0v) is 12.3. The summed E-state index contributed by atoms with van der Waals surface area (Å²) in [6.45, 7) is 0. The van der Waals surface area contributed by atoms with Gasteiger partial charge in [0, 0.05) is 17.0 Å². The number of benzene rings is 2. The van der Waals surface area contributed by atoms with Crippen molar-refractivity contribution in [2.24, 2.45) is 0 Å². The molecule has 0 saturated carbocycles. The molecule has 4 aromatic rings. The van der Waals surface area contributed by atoms with E-state index in [9.17, 15) is 0 Å². The standard InChI is InChI=1S/C17H15N3O2/c1-21-12-7-8-13(22-2)16-14(12)19-17(18)15-11-6-4-3-5-10(11)9-20(15)16/h3-9H,1-2H3,(H2,18,19). The van der Waals surface area contributed by atoms with Gasteiger partial charge >= 0.3 is 0 Å². The molecule has 4 rings (SSSR count). The third kappa shape index (κ3) is 1.56. The highest BCUT2D eigenvalue weighted by Gasteiger charge is 2.16. The minimum absolute atomic E-state index is 0.472. The number of nitrogens with zero attached hydrogens (tertiary/aromatic N) is 2. The van der Waals surface area contributed by atoms with Gasteiger partial charge in [0.15, 0.2) is 0 Å². The molecule has 2 aromatic heterocycles. The van der Waals surface area contributed by atoms with Crippen LogP contribution >= 0.6 is 0 Å². The molecule has 0 bridgehead atoms. The minimum Gasteiger partial charge on any atom is -0.494 e. The van der Waals surface area contributed by atoms with E-state index in [1.165, 1.54) is 0 Å². The lowest BCUT2D eigenvalue weighted by atomic mass is 10.2. The summed E-state index contributed by atoms with van der Waals surface area (Å²) in [6.07, 6.45) is 2.05. The van der Waals surface area contributed by atoms with Crippen molar-refractivity contribution in [3.8, 4) is 11.5 Å². The molecule has 2 aromatic carbocycles. The van der Waals surface area contributed by atoms with Gasteiger partial charge in [-0.15, -0.1) is 0 Å². The molecule has 2 N–H and O–H groups in total. The van der Waals surface area contributed by atoms with Crippen LogP contribution in [-0.4, -0.2) is 23.6 Å². The van der Waals surface area contributed by atoms with Crippen LogP contribution in [0.4, 0.5) is 5.82 Å². The summed E-state index contributed by atoms with van der Waals surface area (Å²) in [7, 11) is 3.27. The number of hydrogen-bond donors (Lipinski definition) is 1. The molecule has 2 heterocycles. The molecule has 0 radical (unpaired) electrons. The van der Waals surface area contributed by atoms with Crippen LogP contribution in [-0.2, 0) is 0 Å². The second kappa shape index (κ2) is 4.53. The van der Waals surface area contributed by atoms with Gasteiger partial charge < -0.3 is 19.6 Å². The maximum absolute atomic E-state index is 6.22. The molecule has 0 aliphatic heterocycles. The lowest BCUT2D eigenvalue weighted by molar-refractivity contribution is 0.409. The Balaban J connectivity index is 2.32. The number of methoxy groups -OCH3 is 2. The van der Waals surface area contributed by atoms with E-state index in [0.717, 1.165) is 27.6 Å². The Morgan fingerprint density at radius 3 is 2.45 bits per heavy atom. The quantitative estimate of drug-likeness (QED) is 0.616. The molecule has 0 aliphatic rings. The number of nitrogens with two attached hydrogens (primary N) is 1. The number of fused-ring (bicyclic) bond motifs is 5. The first-order chi connectivity index (χ1) is 10.7. The van der Waals surface area contributed by atoms with Gasteiger partial charge in [-0.05, 0) is 12.1 Å². The van der Waals surface area contributed by atoms with Crippen molar-refractivity contribution in [1.82, 2.24) is 9.38 Å². The number of nitrogen functional groups attached to an aromatic ring is 1. The van der Waals surface area contributed by atoms with Crippen LogP contribution in [0.5, 0.6) is 11.5 Å². The number of hydrogen-bond acceptors (Lipinski definition) is 4. The van der Waals surface area contributed by atoms with Crippen molar-refractivity contribution >= 4 is 33.1 Å². The van der Waals surface area contributed by atoms with Crippen LogP contribution in [0.15, 0.2) is 42.6 Å². The number of aromatic nitrogens is 2. The monoisotopic (exact) mass is 293 g/mol. The van der Waals surface area contributed by atoms with Crippen LogP contribution < -0.4 is 15.2 Å². The molecule has 0 saturated heterocycles. The average Bonchev–Trinajstić information content (AvgIpc) is 2.94. The fourth-order valence-corrected chi connectivity index (χ4v) is 2.98. The second-order valence-electron chi connectivity index (χ2n) is 5.10. The molecule has 5 heteroatoms. The first-order valence-electron chi connectivity index (χ1n) is 6.94. The lowest BCUT2D eigenvalue weighted by Gasteiger charge is -2.12. The van der Waals surface area contributed by atoms with Crippen LogP contribution in [0.1, 0.15) is 0 Å². The Hall–Kier alpha value is -2.95. The molecule has 5 nitrogen and oxygen atoms in total. The number of anilines is 1. The zero-order valence-electron chi connectivity index (χ0n) is 12.3. The van der Waals surface area contributed by atoms with E-state index in [1.54, 1.807) is 14.2 Å². The molecular formula is C17H15N3O2. The molecular weight excluding hydrogens is 278 g/mol. The number of rotatable bonds is 2. The fraction of sp³-hybridized carbons (Fsp3) is 0.118. The van der Waals surface area contributed by atoms with E-state index < -0.39 is 0 Å². The lowest BCUT2D eigenvalue weighted by Crippen LogP contribution is -2.01. The first-order valence-corrected chi connectivity index (χ1v) is 6.94. The highest BCUT2D eigenvalue weighted by atomic mass is 16.5. The smallest absolute Gasteiger partial charge is 0.149 e. The van der Waals surface area contributed by atoms with Crippen molar-refractivity contribution in [3.05, 3.63) is 42.6 Å². The van der Waals surface area contributed by atoms with E-state index in [2.05, 4.69) is 11.1 Å². The van der Waals surface area contributed by atoms with Crippen LogP contribution in [0.25, 0.3) is 27.3 Å². The maximum Gasteiger partial charge on any atom is 0.149 e. The average molecular weight is 293 g/mol. The van der Waals surface area contributed by atoms with Crippen LogP contribution in [0.2, 0.25) is 0 Å². The predicted octanol–water partition coefficient (Wildman–Crippen LogP) is 3.24. The van der Waals surface area contributed by atoms with Gasteiger partial charge in [0.25, 0.3) is 0 Å². The Morgan fingerprint density at radius 2 is 1.68 bits per heavy atom. The van der Waals surface area contributed by atoms with Crippen LogP contribution in [0.3, 0.4) is 0 Å².